The van der Waals surface area contributed by atoms with E-state index in [-0.39, 0.29) is 18.2 Å². The molecule has 2 aromatic carbocycles. The average Bonchev–Trinajstić information content (AvgIpc) is 2.66. The number of rotatable bonds is 5. The van der Waals surface area contributed by atoms with Crippen LogP contribution in [-0.2, 0) is 4.79 Å². The van der Waals surface area contributed by atoms with Gasteiger partial charge in [0.15, 0.2) is 6.61 Å². The number of ether oxygens (including phenoxy) is 1. The number of nitro benzene ring substituents is 1. The van der Waals surface area contributed by atoms with Crippen molar-refractivity contribution in [1.29, 1.82) is 0 Å². The van der Waals surface area contributed by atoms with Crippen molar-refractivity contribution in [1.82, 2.24) is 4.90 Å². The maximum Gasteiger partial charge on any atom is 0.294 e. The summed E-state index contributed by atoms with van der Waals surface area (Å²) in [5.74, 6) is 0.554. The van der Waals surface area contributed by atoms with Gasteiger partial charge in [-0.05, 0) is 30.7 Å². The van der Waals surface area contributed by atoms with Gasteiger partial charge < -0.3 is 14.5 Å². The summed E-state index contributed by atoms with van der Waals surface area (Å²) in [4.78, 5) is 26.8. The Morgan fingerprint density at radius 3 is 2.56 bits per heavy atom. The van der Waals surface area contributed by atoms with Crippen molar-refractivity contribution in [3.63, 3.8) is 0 Å². The number of benzene rings is 2. The quantitative estimate of drug-likeness (QED) is 0.579. The molecule has 1 aliphatic rings. The molecule has 0 aliphatic carbocycles. The third-order valence-corrected chi connectivity index (χ3v) is 4.77. The Balaban J connectivity index is 1.59. The lowest BCUT2D eigenvalue weighted by Gasteiger charge is -2.36. The Bertz CT molecular complexity index is 851. The Hall–Kier alpha value is -2.80. The predicted molar refractivity (Wildman–Crippen MR) is 104 cm³/mol. The number of anilines is 1. The summed E-state index contributed by atoms with van der Waals surface area (Å²) < 4.78 is 5.57. The second-order valence-electron chi connectivity index (χ2n) is 6.34. The zero-order valence-electron chi connectivity index (χ0n) is 14.9. The minimum atomic E-state index is -0.436. The van der Waals surface area contributed by atoms with Gasteiger partial charge in [0.25, 0.3) is 11.6 Å². The van der Waals surface area contributed by atoms with Crippen molar-refractivity contribution in [2.45, 2.75) is 6.92 Å². The highest BCUT2D eigenvalue weighted by molar-refractivity contribution is 6.33. The molecule has 8 heteroatoms. The van der Waals surface area contributed by atoms with Crippen LogP contribution in [0.25, 0.3) is 0 Å². The Morgan fingerprint density at radius 1 is 1.19 bits per heavy atom. The third kappa shape index (κ3) is 4.49. The van der Waals surface area contributed by atoms with Crippen LogP contribution in [0.5, 0.6) is 5.75 Å². The van der Waals surface area contributed by atoms with Crippen LogP contribution >= 0.6 is 11.6 Å². The van der Waals surface area contributed by atoms with Gasteiger partial charge in [0.05, 0.1) is 9.95 Å². The molecule has 3 rings (SSSR count). The van der Waals surface area contributed by atoms with Gasteiger partial charge in [-0.3, -0.25) is 14.9 Å². The van der Waals surface area contributed by atoms with E-state index in [1.165, 1.54) is 6.07 Å². The number of hydrogen-bond donors (Lipinski definition) is 0. The number of aryl methyl sites for hydroxylation is 1. The number of nitrogens with zero attached hydrogens (tertiary/aromatic N) is 3. The van der Waals surface area contributed by atoms with Gasteiger partial charge in [0, 0.05) is 32.2 Å². The molecule has 1 amide bonds. The van der Waals surface area contributed by atoms with Crippen LogP contribution in [0.15, 0.2) is 42.5 Å². The van der Waals surface area contributed by atoms with Gasteiger partial charge in [-0.1, -0.05) is 29.8 Å². The van der Waals surface area contributed by atoms with Crippen molar-refractivity contribution in [2.75, 3.05) is 37.7 Å². The van der Waals surface area contributed by atoms with E-state index < -0.39 is 4.92 Å². The number of halogens is 1. The Morgan fingerprint density at radius 2 is 1.89 bits per heavy atom. The summed E-state index contributed by atoms with van der Waals surface area (Å²) in [5.41, 5.74) is 1.45. The van der Waals surface area contributed by atoms with Crippen molar-refractivity contribution in [3.8, 4) is 5.75 Å². The summed E-state index contributed by atoms with van der Waals surface area (Å²) in [6.07, 6.45) is 0. The van der Waals surface area contributed by atoms with Gasteiger partial charge >= 0.3 is 0 Å². The largest absolute Gasteiger partial charge is 0.484 e. The molecule has 7 nitrogen and oxygen atoms in total. The number of carbonyl (C=O) groups is 1. The molecular formula is C19H20ClN3O4. The number of nitro groups is 1. The topological polar surface area (TPSA) is 75.9 Å². The third-order valence-electron chi connectivity index (χ3n) is 4.46. The molecule has 0 N–H and O–H groups in total. The number of carbonyl (C=O) groups excluding carboxylic acids is 1. The number of para-hydroxylation sites is 1. The second-order valence-corrected chi connectivity index (χ2v) is 6.74. The van der Waals surface area contributed by atoms with E-state index in [0.29, 0.717) is 42.6 Å². The minimum absolute atomic E-state index is 0.0231. The molecule has 1 aliphatic heterocycles. The molecule has 1 fully saturated rings. The van der Waals surface area contributed by atoms with Gasteiger partial charge in [-0.15, -0.1) is 0 Å². The lowest BCUT2D eigenvalue weighted by molar-refractivity contribution is -0.384. The molecular weight excluding hydrogens is 370 g/mol. The molecule has 2 aromatic rings. The van der Waals surface area contributed by atoms with Crippen LogP contribution in [0.1, 0.15) is 5.56 Å². The summed E-state index contributed by atoms with van der Waals surface area (Å²) in [7, 11) is 0. The molecule has 0 spiro atoms. The first kappa shape index (κ1) is 19.0. The minimum Gasteiger partial charge on any atom is -0.484 e. The molecule has 0 unspecified atom stereocenters. The second kappa shape index (κ2) is 8.26. The smallest absolute Gasteiger partial charge is 0.294 e. The fraction of sp³-hybridized carbons (Fsp3) is 0.316. The van der Waals surface area contributed by atoms with E-state index >= 15 is 0 Å². The molecule has 0 bridgehead atoms. The highest BCUT2D eigenvalue weighted by Crippen LogP contribution is 2.35. The molecule has 1 saturated heterocycles. The molecule has 27 heavy (non-hydrogen) atoms. The standard InChI is InChI=1S/C19H20ClN3O4/c1-14-4-2-5-15(12-14)27-13-18(24)21-8-10-22(11-9-21)19-16(20)6-3-7-17(19)23(25)26/h2-7,12H,8-11,13H2,1H3. The highest BCUT2D eigenvalue weighted by atomic mass is 35.5. The SMILES string of the molecule is Cc1cccc(OCC(=O)N2CCN(c3c(Cl)cccc3[N+](=O)[O-])CC2)c1. The normalized spacial score (nSPS) is 14.1. The highest BCUT2D eigenvalue weighted by Gasteiger charge is 2.27. The van der Waals surface area contributed by atoms with Crippen LogP contribution in [0.3, 0.4) is 0 Å². The van der Waals surface area contributed by atoms with Crippen molar-refractivity contribution < 1.29 is 14.5 Å². The zero-order valence-corrected chi connectivity index (χ0v) is 15.7. The van der Waals surface area contributed by atoms with E-state index in [4.69, 9.17) is 16.3 Å². The van der Waals surface area contributed by atoms with Gasteiger partial charge in [-0.2, -0.15) is 0 Å². The van der Waals surface area contributed by atoms with Gasteiger partial charge in [0.1, 0.15) is 11.4 Å². The lowest BCUT2D eigenvalue weighted by Crippen LogP contribution is -2.50. The predicted octanol–water partition coefficient (Wildman–Crippen LogP) is 3.28. The molecule has 0 aromatic heterocycles. The van der Waals surface area contributed by atoms with Gasteiger partial charge in [0.2, 0.25) is 0 Å². The van der Waals surface area contributed by atoms with Gasteiger partial charge in [-0.25, -0.2) is 0 Å². The van der Waals surface area contributed by atoms with E-state index in [9.17, 15) is 14.9 Å². The summed E-state index contributed by atoms with van der Waals surface area (Å²) in [5, 5.41) is 11.6. The van der Waals surface area contributed by atoms with E-state index in [2.05, 4.69) is 0 Å². The fourth-order valence-corrected chi connectivity index (χ4v) is 3.37. The summed E-state index contributed by atoms with van der Waals surface area (Å²) in [6, 6.07) is 12.2. The monoisotopic (exact) mass is 389 g/mol. The van der Waals surface area contributed by atoms with E-state index in [1.807, 2.05) is 36.1 Å². The Labute approximate surface area is 162 Å². The van der Waals surface area contributed by atoms with Crippen LogP contribution in [0, 0.1) is 17.0 Å². The van der Waals surface area contributed by atoms with Crippen molar-refractivity contribution in [2.24, 2.45) is 0 Å². The van der Waals surface area contributed by atoms with Crippen LogP contribution in [0.2, 0.25) is 5.02 Å². The van der Waals surface area contributed by atoms with Crippen molar-refractivity contribution >= 4 is 28.9 Å². The Kier molecular flexibility index (Phi) is 5.81. The van der Waals surface area contributed by atoms with E-state index in [1.54, 1.807) is 17.0 Å². The van der Waals surface area contributed by atoms with Crippen LogP contribution in [0.4, 0.5) is 11.4 Å². The van der Waals surface area contributed by atoms with Crippen molar-refractivity contribution in [3.05, 3.63) is 63.2 Å². The first-order valence-electron chi connectivity index (χ1n) is 8.61. The lowest BCUT2D eigenvalue weighted by atomic mass is 10.2. The summed E-state index contributed by atoms with van der Waals surface area (Å²) >= 11 is 6.19. The number of hydrogen-bond acceptors (Lipinski definition) is 5. The molecule has 0 radical (unpaired) electrons. The first-order chi connectivity index (χ1) is 13.0. The zero-order chi connectivity index (χ0) is 19.4. The number of piperazine rings is 1. The maximum absolute atomic E-state index is 12.4. The first-order valence-corrected chi connectivity index (χ1v) is 8.98. The fourth-order valence-electron chi connectivity index (χ4n) is 3.09. The maximum atomic E-state index is 12.4. The van der Waals surface area contributed by atoms with Crippen LogP contribution in [-0.4, -0.2) is 48.5 Å². The van der Waals surface area contributed by atoms with E-state index in [0.717, 1.165) is 5.56 Å². The molecule has 1 heterocycles. The molecule has 0 saturated carbocycles. The molecule has 142 valence electrons. The average molecular weight is 390 g/mol. The van der Waals surface area contributed by atoms with Crippen LogP contribution < -0.4 is 9.64 Å². The molecule has 0 atom stereocenters. The number of amides is 1. The summed E-state index contributed by atoms with van der Waals surface area (Å²) in [6.45, 7) is 3.79.